The molecule has 16 heavy (non-hydrogen) atoms. The second-order valence-electron chi connectivity index (χ2n) is 4.66. The molecule has 1 aromatic heterocycles. The van der Waals surface area contributed by atoms with Gasteiger partial charge >= 0.3 is 0 Å². The van der Waals surface area contributed by atoms with E-state index in [1.165, 1.54) is 32.4 Å². The van der Waals surface area contributed by atoms with Crippen molar-refractivity contribution in [2.45, 2.75) is 46.1 Å². The van der Waals surface area contributed by atoms with Crippen molar-refractivity contribution in [3.63, 3.8) is 0 Å². The number of hydrogen-bond donors (Lipinski definition) is 1. The van der Waals surface area contributed by atoms with Gasteiger partial charge in [0.15, 0.2) is 0 Å². The second kappa shape index (κ2) is 5.43. The van der Waals surface area contributed by atoms with Crippen molar-refractivity contribution in [1.82, 2.24) is 20.1 Å². The number of nitrogens with one attached hydrogen (secondary N) is 1. The number of aromatic nitrogens is 3. The topological polar surface area (TPSA) is 42.7 Å². The Balaban J connectivity index is 1.88. The third-order valence-electron chi connectivity index (χ3n) is 3.50. The molecule has 1 aromatic rings. The van der Waals surface area contributed by atoms with E-state index in [9.17, 15) is 0 Å². The lowest BCUT2D eigenvalue weighted by molar-refractivity contribution is 0.354. The molecule has 0 aromatic carbocycles. The van der Waals surface area contributed by atoms with Gasteiger partial charge in [-0.05, 0) is 52.1 Å². The molecule has 1 N–H and O–H groups in total. The molecule has 0 saturated carbocycles. The van der Waals surface area contributed by atoms with Crippen LogP contribution in [0.15, 0.2) is 0 Å². The van der Waals surface area contributed by atoms with Crippen LogP contribution in [0.4, 0.5) is 0 Å². The second-order valence-corrected chi connectivity index (χ2v) is 4.66. The summed E-state index contributed by atoms with van der Waals surface area (Å²) in [5.74, 6) is 3.03. The Labute approximate surface area is 97.5 Å². The van der Waals surface area contributed by atoms with Crippen molar-refractivity contribution in [3.8, 4) is 0 Å². The van der Waals surface area contributed by atoms with E-state index < -0.39 is 0 Å². The number of piperidine rings is 1. The first-order valence-corrected chi connectivity index (χ1v) is 6.40. The van der Waals surface area contributed by atoms with Gasteiger partial charge in [0.05, 0.1) is 0 Å². The quantitative estimate of drug-likeness (QED) is 0.840. The summed E-state index contributed by atoms with van der Waals surface area (Å²) < 4.78 is 2.22. The number of nitrogens with zero attached hydrogens (tertiary/aromatic N) is 3. The molecule has 1 atom stereocenters. The molecule has 1 saturated heterocycles. The molecular formula is C12H22N4. The fraction of sp³-hybridized carbons (Fsp3) is 0.833. The maximum Gasteiger partial charge on any atom is 0.132 e. The van der Waals surface area contributed by atoms with Crippen LogP contribution >= 0.6 is 0 Å². The lowest BCUT2D eigenvalue weighted by atomic mass is 9.94. The van der Waals surface area contributed by atoms with Crippen LogP contribution in [-0.4, -0.2) is 27.9 Å². The van der Waals surface area contributed by atoms with Crippen LogP contribution in [0.1, 0.15) is 37.8 Å². The highest BCUT2D eigenvalue weighted by atomic mass is 15.3. The van der Waals surface area contributed by atoms with Crippen LogP contribution in [0, 0.1) is 12.8 Å². The third kappa shape index (κ3) is 2.61. The van der Waals surface area contributed by atoms with E-state index in [1.807, 2.05) is 6.92 Å². The maximum atomic E-state index is 4.26. The summed E-state index contributed by atoms with van der Waals surface area (Å²) in [7, 11) is 0. The molecule has 0 bridgehead atoms. The minimum Gasteiger partial charge on any atom is -0.316 e. The average molecular weight is 222 g/mol. The number of hydrogen-bond acceptors (Lipinski definition) is 3. The predicted octanol–water partition coefficient (Wildman–Crippen LogP) is 1.54. The molecule has 1 aliphatic heterocycles. The first kappa shape index (κ1) is 11.6. The molecule has 0 radical (unpaired) electrons. The number of rotatable bonds is 4. The van der Waals surface area contributed by atoms with Crippen LogP contribution in [0.2, 0.25) is 0 Å². The van der Waals surface area contributed by atoms with Crippen LogP contribution < -0.4 is 5.32 Å². The average Bonchev–Trinajstić information content (AvgIpc) is 2.68. The minimum absolute atomic E-state index is 0.830. The summed E-state index contributed by atoms with van der Waals surface area (Å²) in [6.07, 6.45) is 5.00. The zero-order valence-electron chi connectivity index (χ0n) is 10.4. The van der Waals surface area contributed by atoms with Crippen LogP contribution in [-0.2, 0) is 13.0 Å². The standard InChI is InChI=1S/C12H22N4/c1-3-16-10(2)14-15-12(16)7-6-11-5-4-8-13-9-11/h11,13H,3-9H2,1-2H3. The van der Waals surface area contributed by atoms with Gasteiger partial charge in [-0.1, -0.05) is 0 Å². The first-order chi connectivity index (χ1) is 7.81. The lowest BCUT2D eigenvalue weighted by Gasteiger charge is -2.22. The van der Waals surface area contributed by atoms with E-state index in [0.717, 1.165) is 30.5 Å². The highest BCUT2D eigenvalue weighted by Crippen LogP contribution is 2.16. The SMILES string of the molecule is CCn1c(C)nnc1CCC1CCCNC1. The smallest absolute Gasteiger partial charge is 0.132 e. The number of aryl methyl sites for hydroxylation is 2. The van der Waals surface area contributed by atoms with Crippen molar-refractivity contribution in [3.05, 3.63) is 11.6 Å². The van der Waals surface area contributed by atoms with E-state index in [4.69, 9.17) is 0 Å². The summed E-state index contributed by atoms with van der Waals surface area (Å²) in [5, 5.41) is 11.9. The van der Waals surface area contributed by atoms with Gasteiger partial charge in [-0.2, -0.15) is 0 Å². The van der Waals surface area contributed by atoms with Gasteiger partial charge in [0.2, 0.25) is 0 Å². The first-order valence-electron chi connectivity index (χ1n) is 6.40. The van der Waals surface area contributed by atoms with E-state index in [0.29, 0.717) is 0 Å². The van der Waals surface area contributed by atoms with Crippen molar-refractivity contribution in [1.29, 1.82) is 0 Å². The third-order valence-corrected chi connectivity index (χ3v) is 3.50. The molecule has 2 heterocycles. The van der Waals surface area contributed by atoms with Gasteiger partial charge in [0.1, 0.15) is 11.6 Å². The van der Waals surface area contributed by atoms with Crippen molar-refractivity contribution >= 4 is 0 Å². The summed E-state index contributed by atoms with van der Waals surface area (Å²) in [6.45, 7) is 7.54. The Morgan fingerprint density at radius 2 is 2.31 bits per heavy atom. The van der Waals surface area contributed by atoms with Gasteiger partial charge in [-0.15, -0.1) is 10.2 Å². The van der Waals surface area contributed by atoms with Gasteiger partial charge in [0.25, 0.3) is 0 Å². The maximum absolute atomic E-state index is 4.26. The van der Waals surface area contributed by atoms with Gasteiger partial charge in [-0.25, -0.2) is 0 Å². The Kier molecular flexibility index (Phi) is 3.93. The predicted molar refractivity (Wildman–Crippen MR) is 64.3 cm³/mol. The van der Waals surface area contributed by atoms with Crippen molar-refractivity contribution in [2.75, 3.05) is 13.1 Å². The Bertz CT molecular complexity index is 326. The fourth-order valence-corrected chi connectivity index (χ4v) is 2.52. The Morgan fingerprint density at radius 1 is 1.44 bits per heavy atom. The van der Waals surface area contributed by atoms with E-state index in [-0.39, 0.29) is 0 Å². The normalized spacial score (nSPS) is 21.2. The molecule has 4 nitrogen and oxygen atoms in total. The molecule has 1 fully saturated rings. The lowest BCUT2D eigenvalue weighted by Crippen LogP contribution is -2.30. The molecule has 0 aliphatic carbocycles. The zero-order valence-corrected chi connectivity index (χ0v) is 10.4. The largest absolute Gasteiger partial charge is 0.316 e. The molecule has 1 aliphatic rings. The van der Waals surface area contributed by atoms with Crippen LogP contribution in [0.25, 0.3) is 0 Å². The minimum atomic E-state index is 0.830. The molecule has 4 heteroatoms. The highest BCUT2D eigenvalue weighted by molar-refractivity contribution is 4.94. The van der Waals surface area contributed by atoms with Crippen LogP contribution in [0.3, 0.4) is 0 Å². The zero-order chi connectivity index (χ0) is 11.4. The highest BCUT2D eigenvalue weighted by Gasteiger charge is 2.14. The fourth-order valence-electron chi connectivity index (χ4n) is 2.52. The van der Waals surface area contributed by atoms with E-state index in [2.05, 4.69) is 27.0 Å². The van der Waals surface area contributed by atoms with Crippen LogP contribution in [0.5, 0.6) is 0 Å². The van der Waals surface area contributed by atoms with Crippen molar-refractivity contribution in [2.24, 2.45) is 5.92 Å². The van der Waals surface area contributed by atoms with E-state index in [1.54, 1.807) is 0 Å². The monoisotopic (exact) mass is 222 g/mol. The summed E-state index contributed by atoms with van der Waals surface area (Å²) in [6, 6.07) is 0. The van der Waals surface area contributed by atoms with Gasteiger partial charge in [-0.3, -0.25) is 0 Å². The van der Waals surface area contributed by atoms with Crippen molar-refractivity contribution < 1.29 is 0 Å². The summed E-state index contributed by atoms with van der Waals surface area (Å²) in [5.41, 5.74) is 0. The molecule has 2 rings (SSSR count). The molecule has 1 unspecified atom stereocenters. The summed E-state index contributed by atoms with van der Waals surface area (Å²) in [4.78, 5) is 0. The Hall–Kier alpha value is -0.900. The van der Waals surface area contributed by atoms with E-state index >= 15 is 0 Å². The molecule has 0 spiro atoms. The summed E-state index contributed by atoms with van der Waals surface area (Å²) >= 11 is 0. The Morgan fingerprint density at radius 3 is 3.00 bits per heavy atom. The molecule has 90 valence electrons. The van der Waals surface area contributed by atoms with Gasteiger partial charge < -0.3 is 9.88 Å². The van der Waals surface area contributed by atoms with Gasteiger partial charge in [0, 0.05) is 13.0 Å². The molecular weight excluding hydrogens is 200 g/mol. The molecule has 0 amide bonds.